The van der Waals surface area contributed by atoms with E-state index in [1.807, 2.05) is 4.68 Å². The summed E-state index contributed by atoms with van der Waals surface area (Å²) in [6.07, 6.45) is 3.51. The molecule has 0 saturated heterocycles. The molecule has 0 aliphatic carbocycles. The number of hydrogen-bond acceptors (Lipinski definition) is 4. The third-order valence-electron chi connectivity index (χ3n) is 2.85. The lowest BCUT2D eigenvalue weighted by Gasteiger charge is -2.01. The van der Waals surface area contributed by atoms with Gasteiger partial charge in [-0.3, -0.25) is 0 Å². The number of hydrogen-bond donors (Lipinski definition) is 0. The van der Waals surface area contributed by atoms with Crippen LogP contribution in [0.25, 0.3) is 0 Å². The molecule has 5 nitrogen and oxygen atoms in total. The second-order valence-electron chi connectivity index (χ2n) is 4.62. The molecule has 0 fully saturated rings. The summed E-state index contributed by atoms with van der Waals surface area (Å²) in [7, 11) is 0. The maximum absolute atomic E-state index is 5.69. The van der Waals surface area contributed by atoms with Crippen LogP contribution in [-0.2, 0) is 19.4 Å². The van der Waals surface area contributed by atoms with Gasteiger partial charge >= 0.3 is 0 Å². The lowest BCUT2D eigenvalue weighted by Crippen LogP contribution is -2.06. The Balaban J connectivity index is 2.19. The molecule has 0 saturated carbocycles. The average Bonchev–Trinajstić information content (AvgIpc) is 2.96. The average molecular weight is 248 g/mol. The predicted octanol–water partition coefficient (Wildman–Crippen LogP) is 2.56. The molecule has 0 unspecified atom stereocenters. The minimum absolute atomic E-state index is 0.360. The topological polar surface area (TPSA) is 56.7 Å². The first kappa shape index (κ1) is 12.8. The Morgan fingerprint density at radius 2 is 2.06 bits per heavy atom. The Kier molecular flexibility index (Phi) is 3.79. The smallest absolute Gasteiger partial charge is 0.216 e. The standard InChI is InChI=1S/C13H20N4O/c1-5-11-15-12(6-2)17(16-11)8-13-14-7-10(18-13)9(3)4/h7,9H,5-6,8H2,1-4H3. The zero-order valence-electron chi connectivity index (χ0n) is 11.5. The maximum atomic E-state index is 5.69. The molecule has 0 spiro atoms. The summed E-state index contributed by atoms with van der Waals surface area (Å²) in [6.45, 7) is 8.87. The van der Waals surface area contributed by atoms with Crippen molar-refractivity contribution in [2.75, 3.05) is 0 Å². The van der Waals surface area contributed by atoms with E-state index in [9.17, 15) is 0 Å². The van der Waals surface area contributed by atoms with Crippen LogP contribution in [-0.4, -0.2) is 19.7 Å². The number of rotatable bonds is 5. The molecule has 0 bridgehead atoms. The van der Waals surface area contributed by atoms with Crippen LogP contribution in [0.1, 0.15) is 56.9 Å². The summed E-state index contributed by atoms with van der Waals surface area (Å²) in [6, 6.07) is 0. The van der Waals surface area contributed by atoms with Crippen molar-refractivity contribution in [3.63, 3.8) is 0 Å². The van der Waals surface area contributed by atoms with Crippen LogP contribution < -0.4 is 0 Å². The molecule has 0 aromatic carbocycles. The zero-order chi connectivity index (χ0) is 13.1. The van der Waals surface area contributed by atoms with Gasteiger partial charge in [-0.15, -0.1) is 0 Å². The molecule has 2 aromatic rings. The van der Waals surface area contributed by atoms with Gasteiger partial charge in [-0.1, -0.05) is 27.7 Å². The van der Waals surface area contributed by atoms with Crippen molar-refractivity contribution in [3.8, 4) is 0 Å². The van der Waals surface area contributed by atoms with E-state index in [4.69, 9.17) is 4.42 Å². The number of nitrogens with zero attached hydrogens (tertiary/aromatic N) is 4. The van der Waals surface area contributed by atoms with Gasteiger partial charge in [0.15, 0.2) is 5.82 Å². The van der Waals surface area contributed by atoms with E-state index in [-0.39, 0.29) is 0 Å². The highest BCUT2D eigenvalue weighted by molar-refractivity contribution is 5.01. The Morgan fingerprint density at radius 3 is 2.61 bits per heavy atom. The molecule has 18 heavy (non-hydrogen) atoms. The second-order valence-corrected chi connectivity index (χ2v) is 4.62. The Morgan fingerprint density at radius 1 is 1.28 bits per heavy atom. The Labute approximate surface area is 107 Å². The molecule has 0 aliphatic rings. The molecule has 2 rings (SSSR count). The fourth-order valence-electron chi connectivity index (χ4n) is 1.76. The van der Waals surface area contributed by atoms with Crippen molar-refractivity contribution in [1.29, 1.82) is 0 Å². The molecule has 2 aromatic heterocycles. The summed E-state index contributed by atoms with van der Waals surface area (Å²) in [5.74, 6) is 3.83. The summed E-state index contributed by atoms with van der Waals surface area (Å²) < 4.78 is 7.58. The van der Waals surface area contributed by atoms with Crippen molar-refractivity contribution >= 4 is 0 Å². The molecule has 2 heterocycles. The first-order chi connectivity index (χ1) is 8.63. The summed E-state index contributed by atoms with van der Waals surface area (Å²) in [4.78, 5) is 8.76. The summed E-state index contributed by atoms with van der Waals surface area (Å²) in [5.41, 5.74) is 0. The molecule has 0 N–H and O–H groups in total. The van der Waals surface area contributed by atoms with Crippen molar-refractivity contribution in [2.24, 2.45) is 0 Å². The van der Waals surface area contributed by atoms with Gasteiger partial charge in [-0.25, -0.2) is 14.6 Å². The van der Waals surface area contributed by atoms with Gasteiger partial charge in [0.25, 0.3) is 0 Å². The molecular weight excluding hydrogens is 228 g/mol. The summed E-state index contributed by atoms with van der Waals surface area (Å²) >= 11 is 0. The Hall–Kier alpha value is -1.65. The summed E-state index contributed by atoms with van der Waals surface area (Å²) in [5, 5.41) is 4.45. The van der Waals surface area contributed by atoms with Crippen molar-refractivity contribution in [1.82, 2.24) is 19.7 Å². The molecule has 0 aliphatic heterocycles. The lowest BCUT2D eigenvalue weighted by atomic mass is 10.2. The number of oxazole rings is 1. The van der Waals surface area contributed by atoms with E-state index in [2.05, 4.69) is 42.8 Å². The molecule has 0 atom stereocenters. The second kappa shape index (κ2) is 5.33. The van der Waals surface area contributed by atoms with Crippen LogP contribution >= 0.6 is 0 Å². The van der Waals surface area contributed by atoms with Crippen LogP contribution in [0, 0.1) is 0 Å². The fraction of sp³-hybridized carbons (Fsp3) is 0.615. The van der Waals surface area contributed by atoms with Crippen molar-refractivity contribution in [2.45, 2.75) is 53.0 Å². The van der Waals surface area contributed by atoms with E-state index in [0.717, 1.165) is 30.3 Å². The third-order valence-corrected chi connectivity index (χ3v) is 2.85. The molecule has 0 amide bonds. The van der Waals surface area contributed by atoms with Crippen molar-refractivity contribution < 1.29 is 4.42 Å². The first-order valence-electron chi connectivity index (χ1n) is 6.51. The van der Waals surface area contributed by atoms with Crippen LogP contribution in [0.15, 0.2) is 10.6 Å². The van der Waals surface area contributed by atoms with Gasteiger partial charge in [0.05, 0.1) is 6.20 Å². The van der Waals surface area contributed by atoms with E-state index in [0.29, 0.717) is 18.4 Å². The normalized spacial score (nSPS) is 11.4. The van der Waals surface area contributed by atoms with Crippen LogP contribution in [0.3, 0.4) is 0 Å². The van der Waals surface area contributed by atoms with Crippen LogP contribution in [0.2, 0.25) is 0 Å². The van der Waals surface area contributed by atoms with E-state index >= 15 is 0 Å². The first-order valence-corrected chi connectivity index (χ1v) is 6.51. The highest BCUT2D eigenvalue weighted by atomic mass is 16.4. The SMILES string of the molecule is CCc1nc(CC)n(Cc2ncc(C(C)C)o2)n1. The van der Waals surface area contributed by atoms with Gasteiger partial charge in [0.1, 0.15) is 18.1 Å². The molecule has 98 valence electrons. The monoisotopic (exact) mass is 248 g/mol. The molecule has 5 heteroatoms. The van der Waals surface area contributed by atoms with Gasteiger partial charge in [-0.05, 0) is 0 Å². The Bertz CT molecular complexity index is 513. The highest BCUT2D eigenvalue weighted by Gasteiger charge is 2.12. The lowest BCUT2D eigenvalue weighted by molar-refractivity contribution is 0.416. The number of aromatic nitrogens is 4. The molecular formula is C13H20N4O. The minimum atomic E-state index is 0.360. The highest BCUT2D eigenvalue weighted by Crippen LogP contribution is 2.16. The molecule has 0 radical (unpaired) electrons. The van der Waals surface area contributed by atoms with E-state index in [1.165, 1.54) is 0 Å². The van der Waals surface area contributed by atoms with Crippen molar-refractivity contribution in [3.05, 3.63) is 29.5 Å². The van der Waals surface area contributed by atoms with E-state index in [1.54, 1.807) is 6.20 Å². The van der Waals surface area contributed by atoms with Crippen LogP contribution in [0.4, 0.5) is 0 Å². The minimum Gasteiger partial charge on any atom is -0.443 e. The van der Waals surface area contributed by atoms with Gasteiger partial charge < -0.3 is 4.42 Å². The van der Waals surface area contributed by atoms with Gasteiger partial charge in [0.2, 0.25) is 5.89 Å². The van der Waals surface area contributed by atoms with Gasteiger partial charge in [-0.2, -0.15) is 5.10 Å². The van der Waals surface area contributed by atoms with E-state index < -0.39 is 0 Å². The maximum Gasteiger partial charge on any atom is 0.216 e. The largest absolute Gasteiger partial charge is 0.443 e. The predicted molar refractivity (Wildman–Crippen MR) is 68.5 cm³/mol. The third kappa shape index (κ3) is 2.60. The van der Waals surface area contributed by atoms with Gasteiger partial charge in [0, 0.05) is 18.8 Å². The fourth-order valence-corrected chi connectivity index (χ4v) is 1.76. The number of aryl methyl sites for hydroxylation is 2. The quantitative estimate of drug-likeness (QED) is 0.816. The zero-order valence-corrected chi connectivity index (χ0v) is 11.5. The van der Waals surface area contributed by atoms with Crippen LogP contribution in [0.5, 0.6) is 0 Å².